The second-order valence-corrected chi connectivity index (χ2v) is 10.3. The number of rotatable bonds is 7. The van der Waals surface area contributed by atoms with Gasteiger partial charge in [0.05, 0.1) is 11.5 Å². The van der Waals surface area contributed by atoms with E-state index in [0.717, 1.165) is 21.6 Å². The lowest BCUT2D eigenvalue weighted by Gasteiger charge is -2.26. The number of amides is 1. The number of thiophene rings is 1. The summed E-state index contributed by atoms with van der Waals surface area (Å²) in [5.74, 6) is -1.09. The minimum Gasteiger partial charge on any atom is -0.481 e. The van der Waals surface area contributed by atoms with Crippen molar-refractivity contribution >= 4 is 23.2 Å². The number of aliphatic carboxylic acids is 1. The fourth-order valence-corrected chi connectivity index (χ4v) is 6.06. The van der Waals surface area contributed by atoms with Crippen LogP contribution in [0.2, 0.25) is 0 Å². The molecule has 1 aliphatic carbocycles. The lowest BCUT2D eigenvalue weighted by atomic mass is 9.86. The third kappa shape index (κ3) is 5.42. The molecule has 0 aliphatic heterocycles. The number of benzene rings is 3. The molecule has 1 aliphatic rings. The number of carboxylic acid groups (broad SMARTS) is 1. The zero-order valence-electron chi connectivity index (χ0n) is 20.0. The molecule has 4 nitrogen and oxygen atoms in total. The van der Waals surface area contributed by atoms with Crippen LogP contribution in [0.4, 0.5) is 0 Å². The van der Waals surface area contributed by atoms with Gasteiger partial charge >= 0.3 is 5.97 Å². The Kier molecular flexibility index (Phi) is 7.28. The zero-order chi connectivity index (χ0) is 24.9. The van der Waals surface area contributed by atoms with Crippen LogP contribution >= 0.6 is 11.3 Å². The minimum absolute atomic E-state index is 0.0196. The van der Waals surface area contributed by atoms with E-state index in [1.807, 2.05) is 41.8 Å². The lowest BCUT2D eigenvalue weighted by Crippen LogP contribution is -2.38. The van der Waals surface area contributed by atoms with E-state index in [-0.39, 0.29) is 17.9 Å². The van der Waals surface area contributed by atoms with Gasteiger partial charge in [0.15, 0.2) is 0 Å². The quantitative estimate of drug-likeness (QED) is 0.289. The van der Waals surface area contributed by atoms with Crippen LogP contribution in [0.1, 0.15) is 47.2 Å². The molecule has 5 heteroatoms. The lowest BCUT2D eigenvalue weighted by molar-refractivity contribution is -0.142. The second-order valence-electron chi connectivity index (χ2n) is 9.42. The van der Waals surface area contributed by atoms with Crippen LogP contribution in [0, 0.1) is 5.92 Å². The summed E-state index contributed by atoms with van der Waals surface area (Å²) in [4.78, 5) is 25.8. The summed E-state index contributed by atoms with van der Waals surface area (Å²) in [6.07, 6.45) is 3.29. The Morgan fingerprint density at radius 1 is 0.778 bits per heavy atom. The van der Waals surface area contributed by atoms with Crippen molar-refractivity contribution in [1.82, 2.24) is 5.32 Å². The zero-order valence-corrected chi connectivity index (χ0v) is 20.8. The molecule has 36 heavy (non-hydrogen) atoms. The van der Waals surface area contributed by atoms with Gasteiger partial charge in [-0.1, -0.05) is 84.9 Å². The maximum atomic E-state index is 13.4. The molecule has 1 heterocycles. The molecule has 0 radical (unpaired) electrons. The van der Waals surface area contributed by atoms with Gasteiger partial charge in [-0.05, 0) is 59.9 Å². The normalized spacial score (nSPS) is 17.4. The molecule has 1 saturated carbocycles. The first-order valence-corrected chi connectivity index (χ1v) is 13.3. The summed E-state index contributed by atoms with van der Waals surface area (Å²) in [5, 5.41) is 14.4. The number of nitrogens with one attached hydrogen (secondary N) is 1. The van der Waals surface area contributed by atoms with Gasteiger partial charge in [-0.2, -0.15) is 0 Å². The van der Waals surface area contributed by atoms with E-state index in [1.54, 1.807) is 11.3 Å². The predicted octanol–water partition coefficient (Wildman–Crippen LogP) is 7.05. The molecular weight excluding hydrogens is 466 g/mol. The Bertz CT molecular complexity index is 1320. The molecule has 0 bridgehead atoms. The molecule has 5 rings (SSSR count). The van der Waals surface area contributed by atoms with Crippen LogP contribution in [-0.2, 0) is 11.2 Å². The summed E-state index contributed by atoms with van der Waals surface area (Å²) in [6, 6.07) is 29.1. The fraction of sp³-hybridized carbons (Fsp3) is 0.226. The Morgan fingerprint density at radius 2 is 1.36 bits per heavy atom. The van der Waals surface area contributed by atoms with Gasteiger partial charge < -0.3 is 10.4 Å². The van der Waals surface area contributed by atoms with Crippen molar-refractivity contribution < 1.29 is 14.7 Å². The predicted molar refractivity (Wildman–Crippen MR) is 145 cm³/mol. The van der Waals surface area contributed by atoms with Crippen LogP contribution in [0.15, 0.2) is 90.3 Å². The Balaban J connectivity index is 1.39. The van der Waals surface area contributed by atoms with Crippen molar-refractivity contribution in [3.05, 3.63) is 107 Å². The average Bonchev–Trinajstić information content (AvgIpc) is 3.34. The number of hydrogen-bond acceptors (Lipinski definition) is 3. The van der Waals surface area contributed by atoms with Gasteiger partial charge in [-0.15, -0.1) is 11.3 Å². The maximum absolute atomic E-state index is 13.4. The topological polar surface area (TPSA) is 66.4 Å². The van der Waals surface area contributed by atoms with Crippen LogP contribution in [0.3, 0.4) is 0 Å². The van der Waals surface area contributed by atoms with E-state index in [1.165, 1.54) is 11.1 Å². The van der Waals surface area contributed by atoms with E-state index in [9.17, 15) is 14.7 Å². The molecule has 1 aromatic heterocycles. The van der Waals surface area contributed by atoms with Crippen LogP contribution in [-0.4, -0.2) is 23.0 Å². The van der Waals surface area contributed by atoms with Gasteiger partial charge in [0.25, 0.3) is 5.91 Å². The number of hydrogen-bond donors (Lipinski definition) is 2. The first kappa shape index (κ1) is 24.0. The highest BCUT2D eigenvalue weighted by Gasteiger charge is 2.28. The highest BCUT2D eigenvalue weighted by atomic mass is 32.1. The largest absolute Gasteiger partial charge is 0.481 e. The molecule has 4 aromatic rings. The van der Waals surface area contributed by atoms with Gasteiger partial charge in [-0.3, -0.25) is 9.59 Å². The molecule has 0 atom stereocenters. The van der Waals surface area contributed by atoms with Crippen molar-refractivity contribution in [3.63, 3.8) is 0 Å². The van der Waals surface area contributed by atoms with E-state index in [0.29, 0.717) is 37.7 Å². The fourth-order valence-electron chi connectivity index (χ4n) is 4.98. The Labute approximate surface area is 215 Å². The third-order valence-corrected chi connectivity index (χ3v) is 8.10. The van der Waals surface area contributed by atoms with E-state index < -0.39 is 5.97 Å². The van der Waals surface area contributed by atoms with Crippen molar-refractivity contribution in [2.45, 2.75) is 38.1 Å². The van der Waals surface area contributed by atoms with Gasteiger partial charge in [0, 0.05) is 16.3 Å². The molecule has 0 unspecified atom stereocenters. The summed E-state index contributed by atoms with van der Waals surface area (Å²) in [6.45, 7) is 0. The first-order chi connectivity index (χ1) is 17.6. The number of carbonyl (C=O) groups is 2. The van der Waals surface area contributed by atoms with E-state index >= 15 is 0 Å². The smallest absolute Gasteiger partial charge is 0.306 e. The highest BCUT2D eigenvalue weighted by Crippen LogP contribution is 2.35. The first-order valence-electron chi connectivity index (χ1n) is 12.4. The van der Waals surface area contributed by atoms with Crippen LogP contribution in [0.25, 0.3) is 21.6 Å². The van der Waals surface area contributed by atoms with Crippen molar-refractivity contribution in [1.29, 1.82) is 0 Å². The summed E-state index contributed by atoms with van der Waals surface area (Å²) in [5.41, 5.74) is 6.37. The summed E-state index contributed by atoms with van der Waals surface area (Å²) >= 11 is 1.60. The van der Waals surface area contributed by atoms with Crippen LogP contribution < -0.4 is 5.32 Å². The second kappa shape index (κ2) is 10.9. The molecule has 0 saturated heterocycles. The Hall–Kier alpha value is -3.70. The molecule has 0 spiro atoms. The van der Waals surface area contributed by atoms with Gasteiger partial charge in [0.1, 0.15) is 0 Å². The van der Waals surface area contributed by atoms with Crippen molar-refractivity contribution in [2.24, 2.45) is 5.92 Å². The van der Waals surface area contributed by atoms with Gasteiger partial charge in [-0.25, -0.2) is 0 Å². The number of carbonyl (C=O) groups excluding carboxylic acids is 1. The molecule has 2 N–H and O–H groups in total. The van der Waals surface area contributed by atoms with E-state index in [2.05, 4.69) is 53.8 Å². The van der Waals surface area contributed by atoms with E-state index in [4.69, 9.17) is 0 Å². The standard InChI is InChI=1S/C31H29NO3S/c33-30(32-26-17-15-25(16-18-26)31(34)35)28-20-36-29(24-9-5-2-6-10-24)27(28)19-21-11-13-23(14-12-21)22-7-3-1-4-8-22/h1-14,20,25-26H,15-19H2,(H,32,33)(H,34,35). The van der Waals surface area contributed by atoms with Crippen LogP contribution in [0.5, 0.6) is 0 Å². The average molecular weight is 496 g/mol. The molecule has 182 valence electrons. The molecule has 3 aromatic carbocycles. The highest BCUT2D eigenvalue weighted by molar-refractivity contribution is 7.14. The van der Waals surface area contributed by atoms with Crippen molar-refractivity contribution in [2.75, 3.05) is 0 Å². The third-order valence-electron chi connectivity index (χ3n) is 7.03. The molecular formula is C31H29NO3S. The number of carboxylic acids is 1. The SMILES string of the molecule is O=C(NC1CCC(C(=O)O)CC1)c1csc(-c2ccccc2)c1Cc1ccc(-c2ccccc2)cc1. The summed E-state index contributed by atoms with van der Waals surface area (Å²) in [7, 11) is 0. The monoisotopic (exact) mass is 495 g/mol. The van der Waals surface area contributed by atoms with Gasteiger partial charge in [0.2, 0.25) is 0 Å². The molecule has 1 fully saturated rings. The van der Waals surface area contributed by atoms with Crippen molar-refractivity contribution in [3.8, 4) is 21.6 Å². The summed E-state index contributed by atoms with van der Waals surface area (Å²) < 4.78 is 0. The molecule has 1 amide bonds. The Morgan fingerprint density at radius 3 is 1.97 bits per heavy atom. The minimum atomic E-state index is -0.731. The maximum Gasteiger partial charge on any atom is 0.306 e.